The summed E-state index contributed by atoms with van der Waals surface area (Å²) in [5, 5.41) is 0. The van der Waals surface area contributed by atoms with Crippen LogP contribution in [-0.2, 0) is 9.53 Å². The molecule has 2 aliphatic carbocycles. The van der Waals surface area contributed by atoms with E-state index in [1.165, 1.54) is 51.5 Å². The summed E-state index contributed by atoms with van der Waals surface area (Å²) in [7, 11) is 2.32. The van der Waals surface area contributed by atoms with E-state index in [9.17, 15) is 4.79 Å². The fourth-order valence-electron chi connectivity index (χ4n) is 5.43. The third kappa shape index (κ3) is 3.30. The number of hydrogen-bond acceptors (Lipinski definition) is 3. The molecule has 132 valence electrons. The summed E-state index contributed by atoms with van der Waals surface area (Å²) in [4.78, 5) is 16.1. The third-order valence-corrected chi connectivity index (χ3v) is 6.78. The highest BCUT2D eigenvalue weighted by Crippen LogP contribution is 2.56. The Hall–Kier alpha value is -0.610. The van der Waals surface area contributed by atoms with Gasteiger partial charge in [-0.2, -0.15) is 0 Å². The summed E-state index contributed by atoms with van der Waals surface area (Å²) in [5.41, 5.74) is 0.449. The van der Waals surface area contributed by atoms with E-state index in [1.54, 1.807) is 6.92 Å². The van der Waals surface area contributed by atoms with Gasteiger partial charge >= 0.3 is 0 Å². The van der Waals surface area contributed by atoms with Crippen LogP contribution in [0.5, 0.6) is 0 Å². The minimum absolute atomic E-state index is 0.236. The molecule has 1 saturated heterocycles. The van der Waals surface area contributed by atoms with Gasteiger partial charge in [0.2, 0.25) is 5.91 Å². The lowest BCUT2D eigenvalue weighted by atomic mass is 9.60. The van der Waals surface area contributed by atoms with Gasteiger partial charge in [0.25, 0.3) is 0 Å². The molecular weight excluding hydrogens is 288 g/mol. The van der Waals surface area contributed by atoms with Crippen LogP contribution in [0, 0.1) is 11.3 Å². The lowest BCUT2D eigenvalue weighted by molar-refractivity contribution is -0.162. The zero-order chi connectivity index (χ0) is 16.4. The zero-order valence-electron chi connectivity index (χ0n) is 15.2. The van der Waals surface area contributed by atoms with Crippen molar-refractivity contribution >= 4 is 5.91 Å². The molecule has 1 aliphatic heterocycles. The first-order chi connectivity index (χ1) is 11.1. The molecule has 0 aromatic rings. The summed E-state index contributed by atoms with van der Waals surface area (Å²) in [6.45, 7) is 7.76. The second kappa shape index (κ2) is 7.10. The van der Waals surface area contributed by atoms with E-state index in [-0.39, 0.29) is 5.91 Å². The number of ether oxygens (including phenoxy) is 1. The average molecular weight is 322 g/mol. The van der Waals surface area contributed by atoms with Crippen molar-refractivity contribution in [1.82, 2.24) is 9.80 Å². The lowest BCUT2D eigenvalue weighted by Gasteiger charge is -2.57. The van der Waals surface area contributed by atoms with Crippen molar-refractivity contribution in [3.8, 4) is 0 Å². The third-order valence-electron chi connectivity index (χ3n) is 6.78. The molecule has 0 N–H and O–H groups in total. The SMILES string of the molecule is CCO[C@@H]1C[C@@H](N(C)CC2CCN(C(C)=O)CC2)C12CCCC2. The molecule has 0 aromatic heterocycles. The minimum atomic E-state index is 0.236. The molecule has 3 rings (SSSR count). The second-order valence-electron chi connectivity index (χ2n) is 8.02. The molecule has 1 heterocycles. The first-order valence-corrected chi connectivity index (χ1v) is 9.64. The average Bonchev–Trinajstić information content (AvgIpc) is 3.04. The Labute approximate surface area is 141 Å². The smallest absolute Gasteiger partial charge is 0.219 e. The molecule has 3 fully saturated rings. The fourth-order valence-corrected chi connectivity index (χ4v) is 5.43. The maximum atomic E-state index is 11.5. The van der Waals surface area contributed by atoms with E-state index in [0.29, 0.717) is 17.6 Å². The Morgan fingerprint density at radius 3 is 2.48 bits per heavy atom. The van der Waals surface area contributed by atoms with Crippen molar-refractivity contribution in [3.05, 3.63) is 0 Å². The molecular formula is C19H34N2O2. The van der Waals surface area contributed by atoms with Crippen LogP contribution in [0.25, 0.3) is 0 Å². The normalized spacial score (nSPS) is 30.9. The fraction of sp³-hybridized carbons (Fsp3) is 0.947. The minimum Gasteiger partial charge on any atom is -0.378 e. The molecule has 0 radical (unpaired) electrons. The molecule has 23 heavy (non-hydrogen) atoms. The van der Waals surface area contributed by atoms with Crippen LogP contribution in [0.15, 0.2) is 0 Å². The predicted molar refractivity (Wildman–Crippen MR) is 92.3 cm³/mol. The van der Waals surface area contributed by atoms with Crippen LogP contribution in [0.1, 0.15) is 58.8 Å². The van der Waals surface area contributed by atoms with E-state index < -0.39 is 0 Å². The number of carbonyl (C=O) groups excluding carboxylic acids is 1. The molecule has 1 amide bonds. The summed E-state index contributed by atoms with van der Waals surface area (Å²) < 4.78 is 6.06. The van der Waals surface area contributed by atoms with E-state index in [1.807, 2.05) is 4.90 Å². The Kier molecular flexibility index (Phi) is 5.32. The van der Waals surface area contributed by atoms with Crippen LogP contribution in [0.4, 0.5) is 0 Å². The van der Waals surface area contributed by atoms with Crippen LogP contribution < -0.4 is 0 Å². The largest absolute Gasteiger partial charge is 0.378 e. The summed E-state index contributed by atoms with van der Waals surface area (Å²) in [6.07, 6.45) is 9.52. The van der Waals surface area contributed by atoms with Crippen LogP contribution in [-0.4, -0.2) is 61.1 Å². The summed E-state index contributed by atoms with van der Waals surface area (Å²) >= 11 is 0. The van der Waals surface area contributed by atoms with E-state index in [4.69, 9.17) is 4.74 Å². The topological polar surface area (TPSA) is 32.8 Å². The van der Waals surface area contributed by atoms with Gasteiger partial charge in [0, 0.05) is 44.6 Å². The second-order valence-corrected chi connectivity index (χ2v) is 8.02. The Bertz CT molecular complexity index is 412. The van der Waals surface area contributed by atoms with Crippen molar-refractivity contribution in [2.75, 3.05) is 33.3 Å². The monoisotopic (exact) mass is 322 g/mol. The van der Waals surface area contributed by atoms with E-state index in [2.05, 4.69) is 18.9 Å². The van der Waals surface area contributed by atoms with Gasteiger partial charge < -0.3 is 14.5 Å². The van der Waals surface area contributed by atoms with Crippen LogP contribution >= 0.6 is 0 Å². The molecule has 4 heteroatoms. The van der Waals surface area contributed by atoms with Gasteiger partial charge in [-0.15, -0.1) is 0 Å². The number of rotatable bonds is 5. The highest BCUT2D eigenvalue weighted by Gasteiger charge is 2.57. The molecule has 1 spiro atoms. The number of amides is 1. The lowest BCUT2D eigenvalue weighted by Crippen LogP contribution is -2.63. The van der Waals surface area contributed by atoms with Gasteiger partial charge in [-0.05, 0) is 52.0 Å². The number of hydrogen-bond donors (Lipinski definition) is 0. The van der Waals surface area contributed by atoms with Crippen LogP contribution in [0.3, 0.4) is 0 Å². The van der Waals surface area contributed by atoms with Gasteiger partial charge in [0.05, 0.1) is 6.10 Å². The van der Waals surface area contributed by atoms with Crippen molar-refractivity contribution in [1.29, 1.82) is 0 Å². The highest BCUT2D eigenvalue weighted by molar-refractivity contribution is 5.73. The molecule has 2 saturated carbocycles. The number of piperidine rings is 1. The molecule has 0 aromatic carbocycles. The van der Waals surface area contributed by atoms with Gasteiger partial charge in [-0.3, -0.25) is 4.79 Å². The molecule has 4 nitrogen and oxygen atoms in total. The maximum Gasteiger partial charge on any atom is 0.219 e. The predicted octanol–water partition coefficient (Wildman–Crippen LogP) is 2.91. The van der Waals surface area contributed by atoms with Crippen molar-refractivity contribution in [2.24, 2.45) is 11.3 Å². The quantitative estimate of drug-likeness (QED) is 0.780. The summed E-state index contributed by atoms with van der Waals surface area (Å²) in [6, 6.07) is 0.715. The van der Waals surface area contributed by atoms with Crippen molar-refractivity contribution < 1.29 is 9.53 Å². The number of nitrogens with zero attached hydrogens (tertiary/aromatic N) is 2. The Morgan fingerprint density at radius 1 is 1.26 bits per heavy atom. The zero-order valence-corrected chi connectivity index (χ0v) is 15.2. The first-order valence-electron chi connectivity index (χ1n) is 9.64. The first kappa shape index (κ1) is 17.2. The molecule has 2 atom stereocenters. The van der Waals surface area contributed by atoms with Gasteiger partial charge in [-0.1, -0.05) is 12.8 Å². The van der Waals surface area contributed by atoms with Gasteiger partial charge in [0.1, 0.15) is 0 Å². The molecule has 0 unspecified atom stereocenters. The maximum absolute atomic E-state index is 11.5. The standard InChI is InChI=1S/C19H34N2O2/c1-4-23-18-13-17(19(18)9-5-6-10-19)20(3)14-16-7-11-21(12-8-16)15(2)22/h16-18H,4-14H2,1-3H3/t17-,18-/m1/s1. The van der Waals surface area contributed by atoms with Crippen molar-refractivity contribution in [3.63, 3.8) is 0 Å². The van der Waals surface area contributed by atoms with Crippen molar-refractivity contribution in [2.45, 2.75) is 70.9 Å². The van der Waals surface area contributed by atoms with E-state index >= 15 is 0 Å². The van der Waals surface area contributed by atoms with E-state index in [0.717, 1.165) is 25.6 Å². The molecule has 0 bridgehead atoms. The Balaban J connectivity index is 1.53. The van der Waals surface area contributed by atoms with Gasteiger partial charge in [-0.25, -0.2) is 0 Å². The van der Waals surface area contributed by atoms with Crippen LogP contribution in [0.2, 0.25) is 0 Å². The number of carbonyl (C=O) groups is 1. The molecule has 3 aliphatic rings. The summed E-state index contributed by atoms with van der Waals surface area (Å²) in [5.74, 6) is 0.987. The highest BCUT2D eigenvalue weighted by atomic mass is 16.5. The number of likely N-dealkylation sites (tertiary alicyclic amines) is 1. The van der Waals surface area contributed by atoms with Gasteiger partial charge in [0.15, 0.2) is 0 Å². The Morgan fingerprint density at radius 2 is 1.91 bits per heavy atom.